The van der Waals surface area contributed by atoms with Crippen molar-refractivity contribution in [2.24, 2.45) is 23.3 Å². The standard InChI is InChI=1S/C15H23N3O6S/c1-7(19)9-10-8(3-2-4-16)12(25-6-5-24-15(17)23)11(14(21)22)18(10)13(9)20/h7-10,19H,2-6,16H2,1H3,(H2,17,23)(H,21,22)/t7-,8-,9-,10-/m1/s1. The van der Waals surface area contributed by atoms with Crippen LogP contribution in [0.15, 0.2) is 10.6 Å². The van der Waals surface area contributed by atoms with Gasteiger partial charge in [-0.3, -0.25) is 4.79 Å². The first kappa shape index (κ1) is 19.5. The molecule has 0 aromatic rings. The Hall–Kier alpha value is -1.78. The van der Waals surface area contributed by atoms with Crippen LogP contribution in [0.25, 0.3) is 0 Å². The third-order valence-electron chi connectivity index (χ3n) is 4.44. The number of amides is 2. The number of hydrogen-bond acceptors (Lipinski definition) is 7. The van der Waals surface area contributed by atoms with E-state index in [1.807, 2.05) is 0 Å². The molecule has 0 aromatic heterocycles. The van der Waals surface area contributed by atoms with Gasteiger partial charge in [0.2, 0.25) is 5.91 Å². The fourth-order valence-electron chi connectivity index (χ4n) is 3.48. The number of nitrogens with zero attached hydrogens (tertiary/aromatic N) is 1. The highest BCUT2D eigenvalue weighted by atomic mass is 32.2. The number of carbonyl (C=O) groups excluding carboxylic acids is 2. The number of thioether (sulfide) groups is 1. The van der Waals surface area contributed by atoms with Crippen LogP contribution in [0.4, 0.5) is 4.79 Å². The zero-order valence-corrected chi connectivity index (χ0v) is 14.7. The monoisotopic (exact) mass is 373 g/mol. The van der Waals surface area contributed by atoms with Crippen LogP contribution < -0.4 is 11.5 Å². The summed E-state index contributed by atoms with van der Waals surface area (Å²) in [4.78, 5) is 36.5. The Bertz CT molecular complexity index is 594. The number of fused-ring (bicyclic) bond motifs is 1. The molecular formula is C15H23N3O6S. The van der Waals surface area contributed by atoms with Gasteiger partial charge in [0.05, 0.1) is 18.1 Å². The maximum Gasteiger partial charge on any atom is 0.404 e. The SMILES string of the molecule is C[C@@H](O)[C@H]1C(=O)N2C(C(=O)O)=C(SCCOC(N)=O)[C@H](CCCN)[C@H]12. The largest absolute Gasteiger partial charge is 0.477 e. The highest BCUT2D eigenvalue weighted by Gasteiger charge is 2.60. The van der Waals surface area contributed by atoms with Crippen molar-refractivity contribution < 1.29 is 29.3 Å². The molecule has 0 aromatic carbocycles. The summed E-state index contributed by atoms with van der Waals surface area (Å²) in [6, 6.07) is -0.371. The first-order valence-electron chi connectivity index (χ1n) is 8.05. The van der Waals surface area contributed by atoms with Crippen molar-refractivity contribution in [3.05, 3.63) is 10.6 Å². The number of β-lactam (4-membered cyclic amide) rings is 1. The van der Waals surface area contributed by atoms with Crippen molar-refractivity contribution in [3.63, 3.8) is 0 Å². The number of hydrogen-bond donors (Lipinski definition) is 4. The number of nitrogens with two attached hydrogens (primary N) is 2. The van der Waals surface area contributed by atoms with Crippen molar-refractivity contribution in [1.29, 1.82) is 0 Å². The molecule has 2 heterocycles. The number of aliphatic carboxylic acids is 1. The Morgan fingerprint density at radius 3 is 2.64 bits per heavy atom. The minimum atomic E-state index is -1.18. The molecule has 2 amide bonds. The van der Waals surface area contributed by atoms with Crippen LogP contribution in [0.5, 0.6) is 0 Å². The van der Waals surface area contributed by atoms with E-state index in [9.17, 15) is 24.6 Å². The summed E-state index contributed by atoms with van der Waals surface area (Å²) in [5.74, 6) is -2.06. The minimum absolute atomic E-state index is 0.0401. The third kappa shape index (κ3) is 3.75. The van der Waals surface area contributed by atoms with Crippen LogP contribution in [0.3, 0.4) is 0 Å². The van der Waals surface area contributed by atoms with Gasteiger partial charge in [0, 0.05) is 16.6 Å². The van der Waals surface area contributed by atoms with Crippen LogP contribution in [0, 0.1) is 11.8 Å². The van der Waals surface area contributed by atoms with E-state index >= 15 is 0 Å². The maximum atomic E-state index is 12.3. The lowest BCUT2D eigenvalue weighted by Gasteiger charge is -2.47. The Labute approximate surface area is 149 Å². The summed E-state index contributed by atoms with van der Waals surface area (Å²) >= 11 is 1.23. The van der Waals surface area contributed by atoms with Gasteiger partial charge in [-0.1, -0.05) is 0 Å². The lowest BCUT2D eigenvalue weighted by Crippen LogP contribution is -2.63. The number of carboxylic acids is 1. The number of primary amides is 1. The molecule has 2 aliphatic rings. The fourth-order valence-corrected chi connectivity index (χ4v) is 4.66. The van der Waals surface area contributed by atoms with Crippen molar-refractivity contribution in [2.45, 2.75) is 31.9 Å². The first-order valence-corrected chi connectivity index (χ1v) is 9.03. The van der Waals surface area contributed by atoms with Gasteiger partial charge in [0.1, 0.15) is 12.3 Å². The molecule has 0 unspecified atom stereocenters. The highest BCUT2D eigenvalue weighted by molar-refractivity contribution is 8.03. The number of carbonyl (C=O) groups is 3. The lowest BCUT2D eigenvalue weighted by molar-refractivity contribution is -0.163. The summed E-state index contributed by atoms with van der Waals surface area (Å²) in [7, 11) is 0. The predicted molar refractivity (Wildman–Crippen MR) is 90.2 cm³/mol. The van der Waals surface area contributed by atoms with Crippen LogP contribution in [-0.2, 0) is 14.3 Å². The Morgan fingerprint density at radius 1 is 1.44 bits per heavy atom. The van der Waals surface area contributed by atoms with Gasteiger partial charge in [-0.15, -0.1) is 11.8 Å². The number of aliphatic hydroxyl groups excluding tert-OH is 1. The summed E-state index contributed by atoms with van der Waals surface area (Å²) < 4.78 is 4.67. The number of rotatable bonds is 9. The normalized spacial score (nSPS) is 26.3. The molecule has 1 fully saturated rings. The van der Waals surface area contributed by atoms with Crippen molar-refractivity contribution >= 4 is 29.7 Å². The van der Waals surface area contributed by atoms with Gasteiger partial charge in [-0.25, -0.2) is 9.59 Å². The molecule has 9 nitrogen and oxygen atoms in total. The van der Waals surface area contributed by atoms with E-state index in [1.165, 1.54) is 23.6 Å². The van der Waals surface area contributed by atoms with Crippen LogP contribution in [0.1, 0.15) is 19.8 Å². The first-order chi connectivity index (χ1) is 11.8. The molecule has 0 spiro atoms. The second kappa shape index (κ2) is 8.07. The van der Waals surface area contributed by atoms with Crippen molar-refractivity contribution in [3.8, 4) is 0 Å². The molecule has 25 heavy (non-hydrogen) atoms. The molecule has 0 saturated carbocycles. The lowest BCUT2D eigenvalue weighted by atomic mass is 9.77. The molecule has 4 atom stereocenters. The van der Waals surface area contributed by atoms with Gasteiger partial charge < -0.3 is 31.3 Å². The Kier molecular flexibility index (Phi) is 6.31. The molecule has 6 N–H and O–H groups in total. The average Bonchev–Trinajstić information content (AvgIpc) is 2.79. The Morgan fingerprint density at radius 2 is 2.12 bits per heavy atom. The molecule has 140 valence electrons. The molecule has 0 bridgehead atoms. The van der Waals surface area contributed by atoms with E-state index < -0.39 is 24.1 Å². The smallest absolute Gasteiger partial charge is 0.404 e. The third-order valence-corrected chi connectivity index (χ3v) is 5.62. The molecule has 0 radical (unpaired) electrons. The zero-order chi connectivity index (χ0) is 18.7. The van der Waals surface area contributed by atoms with E-state index in [0.717, 1.165) is 0 Å². The van der Waals surface area contributed by atoms with E-state index in [0.29, 0.717) is 30.0 Å². The van der Waals surface area contributed by atoms with Crippen molar-refractivity contribution in [2.75, 3.05) is 18.9 Å². The van der Waals surface area contributed by atoms with Crippen LogP contribution >= 0.6 is 11.8 Å². The minimum Gasteiger partial charge on any atom is -0.477 e. The number of carboxylic acid groups (broad SMARTS) is 1. The van der Waals surface area contributed by atoms with E-state index in [1.54, 1.807) is 0 Å². The quantitative estimate of drug-likeness (QED) is 0.317. The van der Waals surface area contributed by atoms with E-state index in [2.05, 4.69) is 4.74 Å². The van der Waals surface area contributed by atoms with E-state index in [4.69, 9.17) is 11.5 Å². The van der Waals surface area contributed by atoms with Gasteiger partial charge in [-0.2, -0.15) is 0 Å². The molecule has 0 aliphatic carbocycles. The van der Waals surface area contributed by atoms with Gasteiger partial charge in [0.15, 0.2) is 0 Å². The fraction of sp³-hybridized carbons (Fsp3) is 0.667. The number of aliphatic hydroxyl groups is 1. The highest BCUT2D eigenvalue weighted by Crippen LogP contribution is 2.52. The zero-order valence-electron chi connectivity index (χ0n) is 13.9. The summed E-state index contributed by atoms with van der Waals surface area (Å²) in [6.45, 7) is 2.02. The van der Waals surface area contributed by atoms with Gasteiger partial charge in [-0.05, 0) is 26.3 Å². The molecule has 1 saturated heterocycles. The molecular weight excluding hydrogens is 350 g/mol. The molecule has 2 rings (SSSR count). The predicted octanol–water partition coefficient (Wildman–Crippen LogP) is -0.312. The second-order valence-electron chi connectivity index (χ2n) is 6.04. The van der Waals surface area contributed by atoms with Gasteiger partial charge in [0.25, 0.3) is 0 Å². The maximum absolute atomic E-state index is 12.3. The second-order valence-corrected chi connectivity index (χ2v) is 7.17. The Balaban J connectivity index is 2.24. The van der Waals surface area contributed by atoms with E-state index in [-0.39, 0.29) is 30.2 Å². The van der Waals surface area contributed by atoms with Gasteiger partial charge >= 0.3 is 12.1 Å². The molecule has 2 aliphatic heterocycles. The van der Waals surface area contributed by atoms with Crippen LogP contribution in [0.2, 0.25) is 0 Å². The topological polar surface area (TPSA) is 156 Å². The molecule has 10 heteroatoms. The average molecular weight is 373 g/mol. The summed E-state index contributed by atoms with van der Waals surface area (Å²) in [5.41, 5.74) is 10.4. The number of ether oxygens (including phenoxy) is 1. The summed E-state index contributed by atoms with van der Waals surface area (Å²) in [5, 5.41) is 19.5. The van der Waals surface area contributed by atoms with Crippen molar-refractivity contribution in [1.82, 2.24) is 4.90 Å². The summed E-state index contributed by atoms with van der Waals surface area (Å²) in [6.07, 6.45) is -0.465. The van der Waals surface area contributed by atoms with Crippen LogP contribution in [-0.4, -0.2) is 64.1 Å².